The molecule has 4 heteroatoms. The van der Waals surface area contributed by atoms with Gasteiger partial charge in [0.05, 0.1) is 6.42 Å². The van der Waals surface area contributed by atoms with Crippen LogP contribution in [0.4, 0.5) is 5.69 Å². The molecule has 0 aromatic heterocycles. The molecule has 2 aromatic carbocycles. The van der Waals surface area contributed by atoms with Crippen LogP contribution in [-0.4, -0.2) is 12.2 Å². The fraction of sp³-hybridized carbons (Fsp3) is 0.133. The van der Waals surface area contributed by atoms with Crippen molar-refractivity contribution in [1.29, 1.82) is 0 Å². The Morgan fingerprint density at radius 1 is 1.21 bits per heavy atom. The minimum absolute atomic E-state index is 0.000533. The van der Waals surface area contributed by atoms with Crippen LogP contribution in [0.3, 0.4) is 0 Å². The number of halogens is 1. The third-order valence-electron chi connectivity index (χ3n) is 2.63. The molecule has 0 radical (unpaired) electrons. The molecule has 0 aliphatic heterocycles. The van der Waals surface area contributed by atoms with Gasteiger partial charge in [-0.1, -0.05) is 34.1 Å². The highest BCUT2D eigenvalue weighted by molar-refractivity contribution is 9.10. The van der Waals surface area contributed by atoms with Gasteiger partial charge in [-0.05, 0) is 42.2 Å². The first-order valence-electron chi connectivity index (χ1n) is 5.86. The lowest BCUT2D eigenvalue weighted by atomic mass is 10.1. The van der Waals surface area contributed by atoms with E-state index in [4.69, 9.17) is 0 Å². The number of hydrogen-bond donors (Lipinski definition) is 1. The molecule has 0 saturated heterocycles. The van der Waals surface area contributed by atoms with Gasteiger partial charge < -0.3 is 5.32 Å². The SMILES string of the molecule is CSc1cccc(NC(=O)Cc2ccc(Br)cc2)c1. The number of anilines is 1. The maximum Gasteiger partial charge on any atom is 0.228 e. The molecule has 0 aliphatic carbocycles. The van der Waals surface area contributed by atoms with Crippen LogP contribution in [0.15, 0.2) is 57.9 Å². The van der Waals surface area contributed by atoms with Crippen molar-refractivity contribution in [2.24, 2.45) is 0 Å². The summed E-state index contributed by atoms with van der Waals surface area (Å²) in [4.78, 5) is 13.1. The Bertz CT molecular complexity index is 569. The fourth-order valence-corrected chi connectivity index (χ4v) is 2.42. The van der Waals surface area contributed by atoms with Gasteiger partial charge in [0.1, 0.15) is 0 Å². The summed E-state index contributed by atoms with van der Waals surface area (Å²) in [6, 6.07) is 15.6. The zero-order valence-electron chi connectivity index (χ0n) is 10.5. The predicted molar refractivity (Wildman–Crippen MR) is 84.7 cm³/mol. The number of carbonyl (C=O) groups excluding carboxylic acids is 1. The molecule has 0 spiro atoms. The van der Waals surface area contributed by atoms with E-state index in [1.165, 1.54) is 0 Å². The largest absolute Gasteiger partial charge is 0.326 e. The Hall–Kier alpha value is -1.26. The molecule has 2 aromatic rings. The van der Waals surface area contributed by atoms with Crippen molar-refractivity contribution >= 4 is 39.3 Å². The monoisotopic (exact) mass is 335 g/mol. The molecule has 0 bridgehead atoms. The van der Waals surface area contributed by atoms with Crippen LogP contribution in [0, 0.1) is 0 Å². The lowest BCUT2D eigenvalue weighted by Crippen LogP contribution is -2.14. The number of amides is 1. The molecule has 0 aliphatic rings. The molecule has 2 nitrogen and oxygen atoms in total. The van der Waals surface area contributed by atoms with Gasteiger partial charge in [-0.25, -0.2) is 0 Å². The number of hydrogen-bond acceptors (Lipinski definition) is 2. The third-order valence-corrected chi connectivity index (χ3v) is 3.89. The predicted octanol–water partition coefficient (Wildman–Crippen LogP) is 4.35. The highest BCUT2D eigenvalue weighted by Crippen LogP contribution is 2.19. The van der Waals surface area contributed by atoms with E-state index in [0.29, 0.717) is 6.42 Å². The molecule has 0 atom stereocenters. The van der Waals surface area contributed by atoms with E-state index in [1.807, 2.05) is 54.8 Å². The van der Waals surface area contributed by atoms with E-state index in [2.05, 4.69) is 21.2 Å². The molecule has 0 heterocycles. The van der Waals surface area contributed by atoms with Gasteiger partial charge in [0, 0.05) is 15.1 Å². The number of benzene rings is 2. The van der Waals surface area contributed by atoms with Crippen LogP contribution in [0.1, 0.15) is 5.56 Å². The smallest absolute Gasteiger partial charge is 0.228 e. The first-order valence-corrected chi connectivity index (χ1v) is 7.87. The topological polar surface area (TPSA) is 29.1 Å². The maximum absolute atomic E-state index is 11.9. The second-order valence-electron chi connectivity index (χ2n) is 4.08. The van der Waals surface area contributed by atoms with E-state index in [1.54, 1.807) is 11.8 Å². The number of rotatable bonds is 4. The molecule has 1 amide bonds. The van der Waals surface area contributed by atoms with E-state index in [-0.39, 0.29) is 5.91 Å². The maximum atomic E-state index is 11.9. The van der Waals surface area contributed by atoms with Crippen molar-refractivity contribution in [2.75, 3.05) is 11.6 Å². The van der Waals surface area contributed by atoms with Crippen LogP contribution in [-0.2, 0) is 11.2 Å². The standard InChI is InChI=1S/C15H14BrNOS/c1-19-14-4-2-3-13(10-14)17-15(18)9-11-5-7-12(16)8-6-11/h2-8,10H,9H2,1H3,(H,17,18). The summed E-state index contributed by atoms with van der Waals surface area (Å²) >= 11 is 5.04. The third kappa shape index (κ3) is 4.40. The summed E-state index contributed by atoms with van der Waals surface area (Å²) in [6.07, 6.45) is 2.40. The van der Waals surface area contributed by atoms with Crippen molar-refractivity contribution in [3.05, 3.63) is 58.6 Å². The molecule has 19 heavy (non-hydrogen) atoms. The lowest BCUT2D eigenvalue weighted by molar-refractivity contribution is -0.115. The Balaban J connectivity index is 1.99. The summed E-state index contributed by atoms with van der Waals surface area (Å²) < 4.78 is 1.02. The Morgan fingerprint density at radius 2 is 1.95 bits per heavy atom. The molecule has 0 fully saturated rings. The number of nitrogens with one attached hydrogen (secondary N) is 1. The van der Waals surface area contributed by atoms with Gasteiger partial charge >= 0.3 is 0 Å². The highest BCUT2D eigenvalue weighted by Gasteiger charge is 2.04. The average molecular weight is 336 g/mol. The van der Waals surface area contributed by atoms with E-state index in [0.717, 1.165) is 20.6 Å². The van der Waals surface area contributed by atoms with Crippen molar-refractivity contribution in [2.45, 2.75) is 11.3 Å². The summed E-state index contributed by atoms with van der Waals surface area (Å²) in [5, 5.41) is 2.92. The molecule has 0 saturated carbocycles. The van der Waals surface area contributed by atoms with Crippen LogP contribution in [0.2, 0.25) is 0 Å². The van der Waals surface area contributed by atoms with Crippen molar-refractivity contribution in [3.63, 3.8) is 0 Å². The van der Waals surface area contributed by atoms with Crippen LogP contribution in [0.5, 0.6) is 0 Å². The quantitative estimate of drug-likeness (QED) is 0.841. The van der Waals surface area contributed by atoms with Gasteiger partial charge in [0.25, 0.3) is 0 Å². The van der Waals surface area contributed by atoms with Crippen molar-refractivity contribution < 1.29 is 4.79 Å². The number of thioether (sulfide) groups is 1. The van der Waals surface area contributed by atoms with Gasteiger partial charge in [0.2, 0.25) is 5.91 Å². The van der Waals surface area contributed by atoms with Crippen molar-refractivity contribution in [3.8, 4) is 0 Å². The average Bonchev–Trinajstić information content (AvgIpc) is 2.41. The normalized spacial score (nSPS) is 10.2. The molecule has 98 valence electrons. The Morgan fingerprint density at radius 3 is 2.63 bits per heavy atom. The fourth-order valence-electron chi connectivity index (χ4n) is 1.69. The van der Waals surface area contributed by atoms with Crippen molar-refractivity contribution in [1.82, 2.24) is 0 Å². The molecule has 1 N–H and O–H groups in total. The van der Waals surface area contributed by atoms with Gasteiger partial charge in [0.15, 0.2) is 0 Å². The lowest BCUT2D eigenvalue weighted by Gasteiger charge is -2.06. The summed E-state index contributed by atoms with van der Waals surface area (Å²) in [6.45, 7) is 0. The Labute approximate surface area is 125 Å². The highest BCUT2D eigenvalue weighted by atomic mass is 79.9. The summed E-state index contributed by atoms with van der Waals surface area (Å²) in [5.74, 6) is 0.000533. The second-order valence-corrected chi connectivity index (χ2v) is 5.88. The molecule has 2 rings (SSSR count). The van der Waals surface area contributed by atoms with Crippen LogP contribution >= 0.6 is 27.7 Å². The minimum atomic E-state index is 0.000533. The zero-order chi connectivity index (χ0) is 13.7. The zero-order valence-corrected chi connectivity index (χ0v) is 12.9. The van der Waals surface area contributed by atoms with E-state index >= 15 is 0 Å². The minimum Gasteiger partial charge on any atom is -0.326 e. The van der Waals surface area contributed by atoms with E-state index in [9.17, 15) is 4.79 Å². The Kier molecular flexibility index (Phi) is 5.05. The second kappa shape index (κ2) is 6.78. The molecule has 0 unspecified atom stereocenters. The van der Waals surface area contributed by atoms with Gasteiger partial charge in [-0.3, -0.25) is 4.79 Å². The molecular formula is C15H14BrNOS. The van der Waals surface area contributed by atoms with Gasteiger partial charge in [-0.15, -0.1) is 11.8 Å². The summed E-state index contributed by atoms with van der Waals surface area (Å²) in [7, 11) is 0. The van der Waals surface area contributed by atoms with Gasteiger partial charge in [-0.2, -0.15) is 0 Å². The first kappa shape index (κ1) is 14.2. The van der Waals surface area contributed by atoms with E-state index < -0.39 is 0 Å². The first-order chi connectivity index (χ1) is 9.17. The molecular weight excluding hydrogens is 322 g/mol. The summed E-state index contributed by atoms with van der Waals surface area (Å²) in [5.41, 5.74) is 1.84. The van der Waals surface area contributed by atoms with Crippen LogP contribution in [0.25, 0.3) is 0 Å². The van der Waals surface area contributed by atoms with Crippen LogP contribution < -0.4 is 5.32 Å². The number of carbonyl (C=O) groups is 1.